The number of fused-ring (bicyclic) bond motifs is 2. The van der Waals surface area contributed by atoms with Crippen LogP contribution in [0.25, 0.3) is 22.2 Å². The Kier molecular flexibility index (Phi) is 6.73. The number of aromatic hydroxyl groups is 1. The van der Waals surface area contributed by atoms with E-state index < -0.39 is 0 Å². The minimum Gasteiger partial charge on any atom is -0.507 e. The highest BCUT2D eigenvalue weighted by molar-refractivity contribution is 7.99. The molecule has 0 bridgehead atoms. The van der Waals surface area contributed by atoms with Crippen LogP contribution in [0.2, 0.25) is 0 Å². The van der Waals surface area contributed by atoms with Gasteiger partial charge in [-0.25, -0.2) is 0 Å². The molecule has 0 aliphatic carbocycles. The summed E-state index contributed by atoms with van der Waals surface area (Å²) in [4.78, 5) is 12.5. The van der Waals surface area contributed by atoms with Crippen molar-refractivity contribution in [1.29, 1.82) is 0 Å². The quantitative estimate of drug-likeness (QED) is 0.342. The molecular weight excluding hydrogens is 468 g/mol. The summed E-state index contributed by atoms with van der Waals surface area (Å²) < 4.78 is 17.8. The molecule has 0 radical (unpaired) electrons. The number of nitrogens with zero attached hydrogens (tertiary/aromatic N) is 3. The molecule has 1 aliphatic heterocycles. The van der Waals surface area contributed by atoms with E-state index in [0.717, 1.165) is 16.3 Å². The highest BCUT2D eigenvalue weighted by Gasteiger charge is 2.19. The highest BCUT2D eigenvalue weighted by atomic mass is 32.2. The van der Waals surface area contributed by atoms with Crippen LogP contribution < -0.4 is 14.8 Å². The van der Waals surface area contributed by atoms with E-state index in [-0.39, 0.29) is 24.2 Å². The molecule has 10 heteroatoms. The zero-order valence-corrected chi connectivity index (χ0v) is 19.9. The van der Waals surface area contributed by atoms with Gasteiger partial charge in [-0.2, -0.15) is 0 Å². The van der Waals surface area contributed by atoms with E-state index in [1.807, 2.05) is 53.1 Å². The maximum absolute atomic E-state index is 12.5. The van der Waals surface area contributed by atoms with Gasteiger partial charge in [0, 0.05) is 13.7 Å². The summed E-state index contributed by atoms with van der Waals surface area (Å²) >= 11 is 1.28. The van der Waals surface area contributed by atoms with Crippen LogP contribution in [-0.4, -0.2) is 52.0 Å². The minimum absolute atomic E-state index is 0.118. The molecule has 0 unspecified atom stereocenters. The molecule has 2 N–H and O–H groups in total. The van der Waals surface area contributed by atoms with Gasteiger partial charge in [-0.3, -0.25) is 9.36 Å². The molecule has 2 heterocycles. The number of carbonyl (C=O) groups excluding carboxylic acids is 1. The van der Waals surface area contributed by atoms with E-state index in [0.29, 0.717) is 47.7 Å². The SMILES string of the molecule is COCCn1c(SCC(=O)NCc2ccc3c(c2)OCO3)nnc1-c1cc2ccccc2cc1O. The Labute approximate surface area is 206 Å². The van der Waals surface area contributed by atoms with Crippen molar-refractivity contribution in [1.82, 2.24) is 20.1 Å². The number of phenols is 1. The number of nitrogens with one attached hydrogen (secondary N) is 1. The lowest BCUT2D eigenvalue weighted by molar-refractivity contribution is -0.118. The molecule has 0 saturated carbocycles. The zero-order chi connectivity index (χ0) is 24.2. The topological polar surface area (TPSA) is 108 Å². The van der Waals surface area contributed by atoms with Gasteiger partial charge in [0.05, 0.1) is 24.5 Å². The third kappa shape index (κ3) is 5.03. The van der Waals surface area contributed by atoms with Gasteiger partial charge >= 0.3 is 0 Å². The maximum atomic E-state index is 12.5. The molecule has 0 saturated heterocycles. The van der Waals surface area contributed by atoms with E-state index in [2.05, 4.69) is 15.5 Å². The molecular formula is C25H24N4O5S. The molecule has 4 aromatic rings. The van der Waals surface area contributed by atoms with Gasteiger partial charge < -0.3 is 24.6 Å². The first kappa shape index (κ1) is 23.0. The summed E-state index contributed by atoms with van der Waals surface area (Å²) in [6.45, 7) is 1.50. The largest absolute Gasteiger partial charge is 0.507 e. The van der Waals surface area contributed by atoms with Crippen molar-refractivity contribution >= 4 is 28.4 Å². The Morgan fingerprint density at radius 2 is 1.91 bits per heavy atom. The first-order valence-corrected chi connectivity index (χ1v) is 12.0. The number of hydrogen-bond acceptors (Lipinski definition) is 8. The van der Waals surface area contributed by atoms with Gasteiger partial charge in [-0.05, 0) is 40.6 Å². The van der Waals surface area contributed by atoms with Gasteiger partial charge in [0.1, 0.15) is 5.75 Å². The summed E-state index contributed by atoms with van der Waals surface area (Å²) in [6, 6.07) is 17.0. The number of methoxy groups -OCH3 is 1. The van der Waals surface area contributed by atoms with Crippen molar-refractivity contribution in [3.8, 4) is 28.6 Å². The Morgan fingerprint density at radius 3 is 2.74 bits per heavy atom. The summed E-state index contributed by atoms with van der Waals surface area (Å²) in [6.07, 6.45) is 0. The third-order valence-corrected chi connectivity index (χ3v) is 6.57. The van der Waals surface area contributed by atoms with Crippen molar-refractivity contribution < 1.29 is 24.1 Å². The average molecular weight is 493 g/mol. The Hall–Kier alpha value is -3.76. The molecule has 35 heavy (non-hydrogen) atoms. The van der Waals surface area contributed by atoms with Crippen LogP contribution in [0.1, 0.15) is 5.56 Å². The second-order valence-electron chi connectivity index (χ2n) is 7.92. The van der Waals surface area contributed by atoms with Gasteiger partial charge in [-0.1, -0.05) is 42.1 Å². The summed E-state index contributed by atoms with van der Waals surface area (Å²) in [5, 5.41) is 24.7. The summed E-state index contributed by atoms with van der Waals surface area (Å²) in [7, 11) is 1.62. The molecule has 5 rings (SSSR count). The van der Waals surface area contributed by atoms with E-state index in [4.69, 9.17) is 14.2 Å². The van der Waals surface area contributed by atoms with Crippen LogP contribution in [0, 0.1) is 0 Å². The molecule has 1 amide bonds. The van der Waals surface area contributed by atoms with Gasteiger partial charge in [0.2, 0.25) is 12.7 Å². The molecule has 0 fully saturated rings. The van der Waals surface area contributed by atoms with Crippen molar-refractivity contribution in [3.05, 3.63) is 60.2 Å². The molecule has 3 aromatic carbocycles. The number of ether oxygens (including phenoxy) is 3. The minimum atomic E-state index is -0.135. The fraction of sp³-hybridized carbons (Fsp3) is 0.240. The summed E-state index contributed by atoms with van der Waals surface area (Å²) in [5.74, 6) is 2.06. The standard InChI is InChI=1S/C25H24N4O5S/c1-32-9-8-29-24(19-11-17-4-2-3-5-18(17)12-20(19)30)27-28-25(29)35-14-23(31)26-13-16-6-7-21-22(10-16)34-15-33-21/h2-7,10-12,30H,8-9,13-15H2,1H3,(H,26,31). The predicted octanol–water partition coefficient (Wildman–Crippen LogP) is 3.59. The van der Waals surface area contributed by atoms with Crippen molar-refractivity contribution in [2.45, 2.75) is 18.2 Å². The molecule has 0 spiro atoms. The van der Waals surface area contributed by atoms with Crippen LogP contribution in [0.15, 0.2) is 59.8 Å². The van der Waals surface area contributed by atoms with Crippen molar-refractivity contribution in [2.75, 3.05) is 26.3 Å². The Balaban J connectivity index is 1.29. The van der Waals surface area contributed by atoms with Crippen LogP contribution in [0.5, 0.6) is 17.2 Å². The maximum Gasteiger partial charge on any atom is 0.231 e. The van der Waals surface area contributed by atoms with Crippen molar-refractivity contribution in [2.24, 2.45) is 0 Å². The van der Waals surface area contributed by atoms with E-state index >= 15 is 0 Å². The monoisotopic (exact) mass is 492 g/mol. The second-order valence-corrected chi connectivity index (χ2v) is 8.86. The molecule has 1 aliphatic rings. The molecule has 0 atom stereocenters. The van der Waals surface area contributed by atoms with E-state index in [1.165, 1.54) is 11.8 Å². The lowest BCUT2D eigenvalue weighted by atomic mass is 10.1. The average Bonchev–Trinajstić information content (AvgIpc) is 3.50. The fourth-order valence-electron chi connectivity index (χ4n) is 3.82. The smallest absolute Gasteiger partial charge is 0.231 e. The highest BCUT2D eigenvalue weighted by Crippen LogP contribution is 2.34. The lowest BCUT2D eigenvalue weighted by Crippen LogP contribution is -2.24. The fourth-order valence-corrected chi connectivity index (χ4v) is 4.61. The predicted molar refractivity (Wildman–Crippen MR) is 132 cm³/mol. The van der Waals surface area contributed by atoms with Crippen LogP contribution in [0.3, 0.4) is 0 Å². The van der Waals surface area contributed by atoms with Crippen LogP contribution in [0.4, 0.5) is 0 Å². The number of thioether (sulfide) groups is 1. The number of amides is 1. The lowest BCUT2D eigenvalue weighted by Gasteiger charge is -2.12. The van der Waals surface area contributed by atoms with E-state index in [1.54, 1.807) is 13.2 Å². The first-order valence-electron chi connectivity index (χ1n) is 11.0. The first-order chi connectivity index (χ1) is 17.1. The van der Waals surface area contributed by atoms with Gasteiger partial charge in [-0.15, -0.1) is 10.2 Å². The van der Waals surface area contributed by atoms with Gasteiger partial charge in [0.25, 0.3) is 0 Å². The third-order valence-electron chi connectivity index (χ3n) is 5.60. The molecule has 180 valence electrons. The molecule has 9 nitrogen and oxygen atoms in total. The number of rotatable bonds is 9. The number of hydrogen-bond donors (Lipinski definition) is 2. The molecule has 1 aromatic heterocycles. The number of phenolic OH excluding ortho intramolecular Hbond substituents is 1. The van der Waals surface area contributed by atoms with E-state index in [9.17, 15) is 9.90 Å². The Morgan fingerprint density at radius 1 is 1.11 bits per heavy atom. The Bertz CT molecular complexity index is 1370. The van der Waals surface area contributed by atoms with Gasteiger partial charge in [0.15, 0.2) is 22.5 Å². The zero-order valence-electron chi connectivity index (χ0n) is 19.1. The van der Waals surface area contributed by atoms with Crippen LogP contribution >= 0.6 is 11.8 Å². The normalized spacial score (nSPS) is 12.3. The van der Waals surface area contributed by atoms with Crippen molar-refractivity contribution in [3.63, 3.8) is 0 Å². The number of carbonyl (C=O) groups is 1. The van der Waals surface area contributed by atoms with Crippen LogP contribution in [-0.2, 0) is 22.6 Å². The number of aromatic nitrogens is 3. The number of benzene rings is 3. The summed E-state index contributed by atoms with van der Waals surface area (Å²) in [5.41, 5.74) is 1.50. The second kappa shape index (κ2) is 10.2.